The first kappa shape index (κ1) is 11.6. The second-order valence-electron chi connectivity index (χ2n) is 4.35. The minimum Gasteiger partial charge on any atom is -0.468 e. The Labute approximate surface area is 95.8 Å². The molecule has 0 aliphatic heterocycles. The molecular formula is C12H19NO3. The second kappa shape index (κ2) is 5.48. The van der Waals surface area contributed by atoms with Crippen LogP contribution >= 0.6 is 0 Å². The predicted molar refractivity (Wildman–Crippen MR) is 60.0 cm³/mol. The van der Waals surface area contributed by atoms with Crippen LogP contribution in [-0.4, -0.2) is 42.4 Å². The zero-order valence-corrected chi connectivity index (χ0v) is 9.63. The Morgan fingerprint density at radius 1 is 1.62 bits per heavy atom. The Bertz CT molecular complexity index is 295. The highest BCUT2D eigenvalue weighted by Crippen LogP contribution is 2.28. The fourth-order valence-electron chi connectivity index (χ4n) is 1.90. The zero-order valence-electron chi connectivity index (χ0n) is 9.63. The van der Waals surface area contributed by atoms with Crippen molar-refractivity contribution < 1.29 is 14.3 Å². The predicted octanol–water partition coefficient (Wildman–Crippen LogP) is 1.25. The summed E-state index contributed by atoms with van der Waals surface area (Å²) in [4.78, 5) is 2.27. The number of methoxy groups -OCH3 is 1. The highest BCUT2D eigenvalue weighted by molar-refractivity contribution is 5.00. The van der Waals surface area contributed by atoms with E-state index >= 15 is 0 Å². The second-order valence-corrected chi connectivity index (χ2v) is 4.35. The van der Waals surface area contributed by atoms with E-state index in [1.807, 2.05) is 12.1 Å². The van der Waals surface area contributed by atoms with Gasteiger partial charge in [-0.05, 0) is 25.0 Å². The van der Waals surface area contributed by atoms with Gasteiger partial charge in [-0.3, -0.25) is 4.90 Å². The Balaban J connectivity index is 1.85. The number of ether oxygens (including phenoxy) is 1. The summed E-state index contributed by atoms with van der Waals surface area (Å²) < 4.78 is 10.3. The van der Waals surface area contributed by atoms with Crippen LogP contribution in [0.2, 0.25) is 0 Å². The molecule has 1 unspecified atom stereocenters. The lowest BCUT2D eigenvalue weighted by molar-refractivity contribution is 0.0321. The maximum absolute atomic E-state index is 9.73. The van der Waals surface area contributed by atoms with E-state index in [4.69, 9.17) is 9.15 Å². The summed E-state index contributed by atoms with van der Waals surface area (Å²) in [5.41, 5.74) is 0. The van der Waals surface area contributed by atoms with Crippen LogP contribution in [0.1, 0.15) is 18.6 Å². The molecule has 0 bridgehead atoms. The number of aliphatic hydroxyl groups is 1. The van der Waals surface area contributed by atoms with Crippen molar-refractivity contribution in [2.24, 2.45) is 0 Å². The quantitative estimate of drug-likeness (QED) is 0.758. The topological polar surface area (TPSA) is 45.8 Å². The number of aliphatic hydroxyl groups excluding tert-OH is 1. The summed E-state index contributed by atoms with van der Waals surface area (Å²) in [5.74, 6) is 0.955. The Kier molecular flexibility index (Phi) is 3.98. The highest BCUT2D eigenvalue weighted by Gasteiger charge is 2.30. The van der Waals surface area contributed by atoms with Gasteiger partial charge in [-0.15, -0.1) is 0 Å². The van der Waals surface area contributed by atoms with E-state index in [1.165, 1.54) is 12.8 Å². The molecule has 1 aliphatic carbocycles. The molecule has 4 nitrogen and oxygen atoms in total. The van der Waals surface area contributed by atoms with Crippen molar-refractivity contribution in [3.8, 4) is 0 Å². The molecule has 4 heteroatoms. The van der Waals surface area contributed by atoms with Gasteiger partial charge in [0.1, 0.15) is 5.76 Å². The summed E-state index contributed by atoms with van der Waals surface area (Å²) in [6, 6.07) is 4.47. The highest BCUT2D eigenvalue weighted by atomic mass is 16.5. The normalized spacial score (nSPS) is 17.9. The molecule has 0 aromatic carbocycles. The summed E-state index contributed by atoms with van der Waals surface area (Å²) >= 11 is 0. The average Bonchev–Trinajstić information content (AvgIpc) is 2.98. The lowest BCUT2D eigenvalue weighted by Gasteiger charge is -2.23. The van der Waals surface area contributed by atoms with Gasteiger partial charge >= 0.3 is 0 Å². The molecule has 1 heterocycles. The standard InChI is InChI=1S/C12H19NO3/c1-15-9-11(14)7-13(10-4-5-10)8-12-3-2-6-16-12/h2-3,6,10-11,14H,4-5,7-9H2,1H3. The molecule has 0 saturated heterocycles. The number of rotatable bonds is 7. The Hall–Kier alpha value is -0.840. The smallest absolute Gasteiger partial charge is 0.117 e. The van der Waals surface area contributed by atoms with Crippen LogP contribution < -0.4 is 0 Å². The van der Waals surface area contributed by atoms with Crippen molar-refractivity contribution in [2.75, 3.05) is 20.3 Å². The van der Waals surface area contributed by atoms with Crippen molar-refractivity contribution in [3.63, 3.8) is 0 Å². The van der Waals surface area contributed by atoms with Gasteiger partial charge in [-0.1, -0.05) is 0 Å². The van der Waals surface area contributed by atoms with E-state index in [1.54, 1.807) is 13.4 Å². The maximum atomic E-state index is 9.73. The van der Waals surface area contributed by atoms with Gasteiger partial charge in [0.2, 0.25) is 0 Å². The maximum Gasteiger partial charge on any atom is 0.117 e. The fraction of sp³-hybridized carbons (Fsp3) is 0.667. The summed E-state index contributed by atoms with van der Waals surface area (Å²) in [6.07, 6.45) is 3.72. The third-order valence-corrected chi connectivity index (χ3v) is 2.81. The number of hydrogen-bond acceptors (Lipinski definition) is 4. The fourth-order valence-corrected chi connectivity index (χ4v) is 1.90. The summed E-state index contributed by atoms with van der Waals surface area (Å²) in [7, 11) is 1.61. The molecule has 1 N–H and O–H groups in total. The molecule has 1 atom stereocenters. The van der Waals surface area contributed by atoms with Gasteiger partial charge in [0, 0.05) is 19.7 Å². The van der Waals surface area contributed by atoms with E-state index in [0.29, 0.717) is 19.2 Å². The molecule has 1 saturated carbocycles. The summed E-state index contributed by atoms with van der Waals surface area (Å²) in [5, 5.41) is 9.73. The van der Waals surface area contributed by atoms with Gasteiger partial charge in [0.05, 0.1) is 25.5 Å². The number of nitrogens with zero attached hydrogens (tertiary/aromatic N) is 1. The van der Waals surface area contributed by atoms with E-state index in [2.05, 4.69) is 4.90 Å². The molecule has 0 spiro atoms. The minimum absolute atomic E-state index is 0.390. The van der Waals surface area contributed by atoms with E-state index in [9.17, 15) is 5.11 Å². The third-order valence-electron chi connectivity index (χ3n) is 2.81. The van der Waals surface area contributed by atoms with E-state index in [0.717, 1.165) is 12.3 Å². The first-order valence-electron chi connectivity index (χ1n) is 5.73. The van der Waals surface area contributed by atoms with E-state index < -0.39 is 6.10 Å². The third kappa shape index (κ3) is 3.33. The van der Waals surface area contributed by atoms with E-state index in [-0.39, 0.29) is 0 Å². The SMILES string of the molecule is COCC(O)CN(Cc1ccco1)C1CC1. The van der Waals surface area contributed by atoms with Crippen LogP contribution in [0.4, 0.5) is 0 Å². The van der Waals surface area contributed by atoms with Crippen LogP contribution in [0.15, 0.2) is 22.8 Å². The largest absolute Gasteiger partial charge is 0.468 e. The molecule has 0 amide bonds. The lowest BCUT2D eigenvalue weighted by Crippen LogP contribution is -2.35. The minimum atomic E-state index is -0.416. The molecule has 1 fully saturated rings. The number of furan rings is 1. The monoisotopic (exact) mass is 225 g/mol. The van der Waals surface area contributed by atoms with Gasteiger partial charge in [0.15, 0.2) is 0 Å². The lowest BCUT2D eigenvalue weighted by atomic mass is 10.3. The van der Waals surface area contributed by atoms with Gasteiger partial charge in [-0.25, -0.2) is 0 Å². The Morgan fingerprint density at radius 3 is 3.00 bits per heavy atom. The van der Waals surface area contributed by atoms with Crippen LogP contribution in [0.3, 0.4) is 0 Å². The molecule has 0 radical (unpaired) electrons. The zero-order chi connectivity index (χ0) is 11.4. The van der Waals surface area contributed by atoms with Gasteiger partial charge < -0.3 is 14.3 Å². The van der Waals surface area contributed by atoms with Crippen LogP contribution in [0.5, 0.6) is 0 Å². The van der Waals surface area contributed by atoms with Gasteiger partial charge in [0.25, 0.3) is 0 Å². The summed E-state index contributed by atoms with van der Waals surface area (Å²) in [6.45, 7) is 1.82. The molecule has 90 valence electrons. The first-order chi connectivity index (χ1) is 7.79. The van der Waals surface area contributed by atoms with Crippen LogP contribution in [-0.2, 0) is 11.3 Å². The van der Waals surface area contributed by atoms with Crippen molar-refractivity contribution in [1.82, 2.24) is 4.90 Å². The van der Waals surface area contributed by atoms with Crippen molar-refractivity contribution in [2.45, 2.75) is 31.5 Å². The molecule has 16 heavy (non-hydrogen) atoms. The molecule has 2 rings (SSSR count). The molecule has 1 aliphatic rings. The average molecular weight is 225 g/mol. The van der Waals surface area contributed by atoms with Crippen molar-refractivity contribution in [1.29, 1.82) is 0 Å². The Morgan fingerprint density at radius 2 is 2.44 bits per heavy atom. The van der Waals surface area contributed by atoms with Crippen molar-refractivity contribution in [3.05, 3.63) is 24.2 Å². The van der Waals surface area contributed by atoms with Crippen LogP contribution in [0, 0.1) is 0 Å². The van der Waals surface area contributed by atoms with Gasteiger partial charge in [-0.2, -0.15) is 0 Å². The molecule has 1 aromatic rings. The number of hydrogen-bond donors (Lipinski definition) is 1. The van der Waals surface area contributed by atoms with Crippen LogP contribution in [0.25, 0.3) is 0 Å². The van der Waals surface area contributed by atoms with Crippen molar-refractivity contribution >= 4 is 0 Å². The molecular weight excluding hydrogens is 206 g/mol. The first-order valence-corrected chi connectivity index (χ1v) is 5.73. The molecule has 1 aromatic heterocycles.